The summed E-state index contributed by atoms with van der Waals surface area (Å²) in [5.74, 6) is 0.334. The summed E-state index contributed by atoms with van der Waals surface area (Å²) >= 11 is 6.64. The van der Waals surface area contributed by atoms with Crippen molar-refractivity contribution in [3.63, 3.8) is 0 Å². The Morgan fingerprint density at radius 1 is 1.26 bits per heavy atom. The predicted molar refractivity (Wildman–Crippen MR) is 92.8 cm³/mol. The van der Waals surface area contributed by atoms with Crippen LogP contribution in [0, 0.1) is 0 Å². The van der Waals surface area contributed by atoms with E-state index in [-0.39, 0.29) is 0 Å². The van der Waals surface area contributed by atoms with Gasteiger partial charge in [-0.05, 0) is 49.3 Å². The van der Waals surface area contributed by atoms with Crippen molar-refractivity contribution in [2.45, 2.75) is 57.2 Å². The number of nitrogens with one attached hydrogen (secondary N) is 2. The molecule has 23 heavy (non-hydrogen) atoms. The van der Waals surface area contributed by atoms with Crippen LogP contribution in [0.5, 0.6) is 0 Å². The minimum absolute atomic E-state index is 0.334. The molecular formula is C19H23ClN2O. The van der Waals surface area contributed by atoms with Crippen molar-refractivity contribution in [2.75, 3.05) is 6.54 Å². The first-order chi connectivity index (χ1) is 11.1. The minimum atomic E-state index is 0.334. The Morgan fingerprint density at radius 2 is 2.09 bits per heavy atom. The van der Waals surface area contributed by atoms with Crippen LogP contribution in [0.4, 0.5) is 0 Å². The summed E-state index contributed by atoms with van der Waals surface area (Å²) < 4.78 is 0. The first kappa shape index (κ1) is 15.4. The van der Waals surface area contributed by atoms with Crippen LogP contribution in [0.15, 0.2) is 29.3 Å². The van der Waals surface area contributed by atoms with Crippen LogP contribution in [-0.4, -0.2) is 24.4 Å². The van der Waals surface area contributed by atoms with Crippen molar-refractivity contribution in [3.05, 3.63) is 45.5 Å². The van der Waals surface area contributed by atoms with Gasteiger partial charge in [0, 0.05) is 36.1 Å². The molecule has 1 aliphatic carbocycles. The molecule has 2 aliphatic heterocycles. The first-order valence-corrected chi connectivity index (χ1v) is 9.00. The van der Waals surface area contributed by atoms with Gasteiger partial charge in [-0.15, -0.1) is 0 Å². The van der Waals surface area contributed by atoms with Gasteiger partial charge in [0.25, 0.3) is 0 Å². The second kappa shape index (κ2) is 6.04. The zero-order valence-electron chi connectivity index (χ0n) is 13.5. The smallest absolute Gasteiger partial charge is 0.158 e. The van der Waals surface area contributed by atoms with Gasteiger partial charge >= 0.3 is 0 Å². The van der Waals surface area contributed by atoms with Gasteiger partial charge in [0.2, 0.25) is 0 Å². The molecule has 3 atom stereocenters. The van der Waals surface area contributed by atoms with Gasteiger partial charge in [0.15, 0.2) is 5.78 Å². The molecule has 2 fully saturated rings. The summed E-state index contributed by atoms with van der Waals surface area (Å²) in [5.41, 5.74) is 4.81. The molecule has 0 aromatic heterocycles. The van der Waals surface area contributed by atoms with Gasteiger partial charge in [-0.3, -0.25) is 4.79 Å². The number of ketones is 1. The number of carbonyl (C=O) groups is 1. The number of hydrogen-bond donors (Lipinski definition) is 2. The van der Waals surface area contributed by atoms with Crippen LogP contribution in [0.1, 0.15) is 49.8 Å². The maximum absolute atomic E-state index is 11.9. The number of Topliss-reactive ketones (excluding diaryl/α,β-unsaturated/α-hetero) is 1. The van der Waals surface area contributed by atoms with Gasteiger partial charge in [-0.25, -0.2) is 0 Å². The first-order valence-electron chi connectivity index (χ1n) is 8.62. The summed E-state index contributed by atoms with van der Waals surface area (Å²) in [6.45, 7) is 3.09. The number of benzene rings is 1. The number of rotatable bonds is 5. The highest BCUT2D eigenvalue weighted by Crippen LogP contribution is 2.40. The van der Waals surface area contributed by atoms with Crippen LogP contribution in [0.2, 0.25) is 5.02 Å². The zero-order chi connectivity index (χ0) is 16.0. The molecule has 1 aromatic rings. The molecule has 0 radical (unpaired) electrons. The topological polar surface area (TPSA) is 61.0 Å². The average Bonchev–Trinajstić information content (AvgIpc) is 3.43. The van der Waals surface area contributed by atoms with Gasteiger partial charge in [-0.1, -0.05) is 35.4 Å². The molecule has 2 N–H and O–H groups in total. The molecule has 0 saturated carbocycles. The molecule has 3 unspecified atom stereocenters. The Balaban J connectivity index is 1.46. The van der Waals surface area contributed by atoms with E-state index in [0.29, 0.717) is 23.9 Å². The molecule has 2 heterocycles. The molecular weight excluding hydrogens is 308 g/mol. The molecule has 2 saturated heterocycles. The Labute approximate surface area is 142 Å². The summed E-state index contributed by atoms with van der Waals surface area (Å²) in [6.07, 6.45) is 4.80. The fraction of sp³-hybridized carbons (Fsp3) is 0.526. The van der Waals surface area contributed by atoms with Crippen LogP contribution in [0.3, 0.4) is 0 Å². The number of carbonyl (C=O) groups excluding carboxylic acids is 1. The third-order valence-corrected chi connectivity index (χ3v) is 5.85. The monoisotopic (exact) mass is 330 g/mol. The highest BCUT2D eigenvalue weighted by atomic mass is 35.5. The van der Waals surface area contributed by atoms with Crippen LogP contribution in [0.25, 0.3) is 0 Å². The van der Waals surface area contributed by atoms with E-state index in [1.54, 1.807) is 0 Å². The lowest BCUT2D eigenvalue weighted by Crippen LogP contribution is -2.11. The lowest BCUT2D eigenvalue weighted by atomic mass is 9.88. The molecule has 122 valence electrons. The van der Waals surface area contributed by atoms with Gasteiger partial charge in [0.05, 0.1) is 0 Å². The van der Waals surface area contributed by atoms with Gasteiger partial charge in [0.1, 0.15) is 0 Å². The Kier molecular flexibility index (Phi) is 4.04. The Morgan fingerprint density at radius 3 is 2.87 bits per heavy atom. The predicted octanol–water partition coefficient (Wildman–Crippen LogP) is 3.33. The SMILES string of the molecule is CC1=C(CC2NC2c2cccc(CC3CN3)c2Cl)CCCC1=O. The highest BCUT2D eigenvalue weighted by molar-refractivity contribution is 6.32. The van der Waals surface area contributed by atoms with Gasteiger partial charge < -0.3 is 10.6 Å². The molecule has 1 aromatic carbocycles. The van der Waals surface area contributed by atoms with Crippen molar-refractivity contribution < 1.29 is 4.79 Å². The second-order valence-corrected chi connectivity index (χ2v) is 7.47. The average molecular weight is 331 g/mol. The van der Waals surface area contributed by atoms with E-state index in [4.69, 9.17) is 11.6 Å². The summed E-state index contributed by atoms with van der Waals surface area (Å²) in [5, 5.41) is 7.82. The summed E-state index contributed by atoms with van der Waals surface area (Å²) in [6, 6.07) is 7.76. The molecule has 4 heteroatoms. The molecule has 0 spiro atoms. The Hall–Kier alpha value is -1.16. The second-order valence-electron chi connectivity index (χ2n) is 7.09. The van der Waals surface area contributed by atoms with E-state index in [1.165, 1.54) is 16.7 Å². The van der Waals surface area contributed by atoms with Crippen LogP contribution in [-0.2, 0) is 11.2 Å². The third kappa shape index (κ3) is 3.23. The molecule has 3 aliphatic rings. The third-order valence-electron chi connectivity index (χ3n) is 5.39. The lowest BCUT2D eigenvalue weighted by Gasteiger charge is -2.16. The largest absolute Gasteiger partial charge is 0.311 e. The quantitative estimate of drug-likeness (QED) is 0.814. The normalized spacial score (nSPS) is 29.8. The van der Waals surface area contributed by atoms with E-state index in [2.05, 4.69) is 28.8 Å². The molecule has 4 rings (SSSR count). The van der Waals surface area contributed by atoms with E-state index in [1.807, 2.05) is 6.92 Å². The number of allylic oxidation sites excluding steroid dienone is 1. The summed E-state index contributed by atoms with van der Waals surface area (Å²) in [7, 11) is 0. The van der Waals surface area contributed by atoms with Crippen molar-refractivity contribution >= 4 is 17.4 Å². The van der Waals surface area contributed by atoms with Crippen molar-refractivity contribution in [1.29, 1.82) is 0 Å². The van der Waals surface area contributed by atoms with Crippen molar-refractivity contribution in [1.82, 2.24) is 10.6 Å². The summed E-state index contributed by atoms with van der Waals surface area (Å²) in [4.78, 5) is 11.9. The van der Waals surface area contributed by atoms with Crippen LogP contribution >= 0.6 is 11.6 Å². The minimum Gasteiger partial charge on any atom is -0.311 e. The van der Waals surface area contributed by atoms with E-state index in [9.17, 15) is 4.79 Å². The highest BCUT2D eigenvalue weighted by Gasteiger charge is 2.40. The maximum atomic E-state index is 11.9. The maximum Gasteiger partial charge on any atom is 0.158 e. The molecule has 3 nitrogen and oxygen atoms in total. The zero-order valence-corrected chi connectivity index (χ0v) is 14.2. The Bertz CT molecular complexity index is 678. The number of halogens is 1. The fourth-order valence-electron chi connectivity index (χ4n) is 3.70. The van der Waals surface area contributed by atoms with E-state index < -0.39 is 0 Å². The van der Waals surface area contributed by atoms with Gasteiger partial charge in [-0.2, -0.15) is 0 Å². The standard InChI is InChI=1S/C19H23ClN2O/c1-11-12(4-3-7-17(11)23)9-16-19(22-16)15-6-2-5-13(18(15)20)8-14-10-21-14/h2,5-6,14,16,19,21-22H,3-4,7-10H2,1H3. The molecule has 0 bridgehead atoms. The molecule has 0 amide bonds. The van der Waals surface area contributed by atoms with Crippen molar-refractivity contribution in [3.8, 4) is 0 Å². The van der Waals surface area contributed by atoms with Crippen molar-refractivity contribution in [2.24, 2.45) is 0 Å². The van der Waals surface area contributed by atoms with Crippen LogP contribution < -0.4 is 10.6 Å². The van der Waals surface area contributed by atoms with E-state index in [0.717, 1.165) is 49.2 Å². The lowest BCUT2D eigenvalue weighted by molar-refractivity contribution is -0.116. The van der Waals surface area contributed by atoms with E-state index >= 15 is 0 Å². The fourth-order valence-corrected chi connectivity index (χ4v) is 4.02. The number of hydrogen-bond acceptors (Lipinski definition) is 3.